The predicted octanol–water partition coefficient (Wildman–Crippen LogP) is 4.26. The molecule has 2 aliphatic rings. The Morgan fingerprint density at radius 2 is 1.77 bits per heavy atom. The van der Waals surface area contributed by atoms with E-state index in [1.54, 1.807) is 42.5 Å². The molecular weight excluding hydrogens is 550 g/mol. The van der Waals surface area contributed by atoms with E-state index in [0.29, 0.717) is 32.6 Å². The lowest BCUT2D eigenvalue weighted by atomic mass is 9.83. The van der Waals surface area contributed by atoms with Crippen LogP contribution in [0.4, 0.5) is 11.4 Å². The van der Waals surface area contributed by atoms with Crippen LogP contribution in [-0.4, -0.2) is 39.7 Å². The van der Waals surface area contributed by atoms with Gasteiger partial charge in [0.1, 0.15) is 16.7 Å². The fourth-order valence-electron chi connectivity index (χ4n) is 5.01. The summed E-state index contributed by atoms with van der Waals surface area (Å²) in [4.78, 5) is 56.7. The number of benzene rings is 3. The topological polar surface area (TPSA) is 129 Å². The summed E-state index contributed by atoms with van der Waals surface area (Å²) in [6.07, 6.45) is 0. The van der Waals surface area contributed by atoms with Crippen LogP contribution in [0.15, 0.2) is 82.6 Å². The van der Waals surface area contributed by atoms with Crippen LogP contribution in [0.3, 0.4) is 0 Å². The van der Waals surface area contributed by atoms with Crippen LogP contribution in [0.2, 0.25) is 0 Å². The van der Waals surface area contributed by atoms with Gasteiger partial charge in [-0.25, -0.2) is 4.90 Å². The van der Waals surface area contributed by atoms with Crippen LogP contribution in [-0.2, 0) is 14.4 Å². The van der Waals surface area contributed by atoms with Gasteiger partial charge in [-0.1, -0.05) is 52.9 Å². The number of fused-ring (bicyclic) bond motifs is 2. The third kappa shape index (κ3) is 4.78. The molecule has 0 bridgehead atoms. The largest absolute Gasteiger partial charge is 0.508 e. The maximum absolute atomic E-state index is 13.8. The summed E-state index contributed by atoms with van der Waals surface area (Å²) >= 11 is 2.26. The number of thiazole rings is 1. The third-order valence-corrected chi connectivity index (χ3v) is 9.26. The molecule has 3 amide bonds. The Morgan fingerprint density at radius 3 is 2.52 bits per heavy atom. The molecule has 3 unspecified atom stereocenters. The molecule has 0 radical (unpaired) electrons. The number of aromatic amines is 1. The minimum Gasteiger partial charge on any atom is -0.508 e. The quantitative estimate of drug-likeness (QED) is 0.232. The number of hydrogen-bond donors (Lipinski definition) is 3. The summed E-state index contributed by atoms with van der Waals surface area (Å²) in [7, 11) is 0. The summed E-state index contributed by atoms with van der Waals surface area (Å²) in [5.41, 5.74) is 2.75. The number of anilines is 2. The molecule has 0 spiro atoms. The van der Waals surface area contributed by atoms with Gasteiger partial charge in [-0.05, 0) is 61.0 Å². The maximum atomic E-state index is 13.8. The van der Waals surface area contributed by atoms with Gasteiger partial charge < -0.3 is 20.1 Å². The average Bonchev–Trinajstić information content (AvgIpc) is 3.43. The van der Waals surface area contributed by atoms with Crippen molar-refractivity contribution in [2.24, 2.45) is 5.92 Å². The Morgan fingerprint density at radius 1 is 1.02 bits per heavy atom. The third-order valence-electron chi connectivity index (χ3n) is 6.85. The van der Waals surface area contributed by atoms with Crippen LogP contribution < -0.4 is 19.8 Å². The van der Waals surface area contributed by atoms with E-state index in [2.05, 4.69) is 10.3 Å². The van der Waals surface area contributed by atoms with E-state index in [9.17, 15) is 24.3 Å². The first-order valence-corrected chi connectivity index (χ1v) is 14.1. The second-order valence-electron chi connectivity index (χ2n) is 9.55. The number of ether oxygens (including phenoxy) is 1. The number of aromatic nitrogens is 1. The van der Waals surface area contributed by atoms with Gasteiger partial charge in [0.2, 0.25) is 11.8 Å². The van der Waals surface area contributed by atoms with Gasteiger partial charge >= 0.3 is 4.87 Å². The van der Waals surface area contributed by atoms with Crippen molar-refractivity contribution >= 4 is 52.2 Å². The van der Waals surface area contributed by atoms with Gasteiger partial charge in [0.15, 0.2) is 6.61 Å². The number of aromatic hydroxyl groups is 1. The fraction of sp³-hybridized carbons (Fsp3) is 0.172. The van der Waals surface area contributed by atoms with Crippen LogP contribution in [0.25, 0.3) is 0 Å². The molecule has 1 saturated heterocycles. The molecule has 40 heavy (non-hydrogen) atoms. The molecule has 3 heterocycles. The van der Waals surface area contributed by atoms with Crippen LogP contribution in [0.1, 0.15) is 21.9 Å². The van der Waals surface area contributed by atoms with E-state index in [-0.39, 0.29) is 35.0 Å². The summed E-state index contributed by atoms with van der Waals surface area (Å²) in [6.45, 7) is 1.67. The Kier molecular flexibility index (Phi) is 6.68. The van der Waals surface area contributed by atoms with Gasteiger partial charge in [-0.15, -0.1) is 0 Å². The SMILES string of the molecule is Cc1ccc(N2C(=O)C3Sc4[nH]c(=O)sc4C(c4cccc(OCC(=O)Nc5ccc(O)cc5)c4)C3C2=O)cc1. The Bertz CT molecular complexity index is 1680. The Labute approximate surface area is 236 Å². The molecule has 1 aromatic heterocycles. The number of carbonyl (C=O) groups excluding carboxylic acids is 3. The average molecular weight is 574 g/mol. The number of H-pyrrole nitrogens is 1. The zero-order valence-electron chi connectivity index (χ0n) is 21.1. The number of phenols is 1. The van der Waals surface area contributed by atoms with E-state index in [1.165, 1.54) is 28.8 Å². The van der Waals surface area contributed by atoms with Crippen molar-refractivity contribution in [1.82, 2.24) is 4.98 Å². The molecule has 3 atom stereocenters. The lowest BCUT2D eigenvalue weighted by molar-refractivity contribution is -0.122. The van der Waals surface area contributed by atoms with E-state index in [1.807, 2.05) is 25.1 Å². The van der Waals surface area contributed by atoms with Crippen molar-refractivity contribution < 1.29 is 24.2 Å². The Balaban J connectivity index is 1.28. The molecule has 6 rings (SSSR count). The van der Waals surface area contributed by atoms with Crippen LogP contribution >= 0.6 is 23.1 Å². The Hall–Kier alpha value is -4.35. The van der Waals surface area contributed by atoms with Crippen molar-refractivity contribution in [3.63, 3.8) is 0 Å². The highest BCUT2D eigenvalue weighted by molar-refractivity contribution is 8.00. The number of aryl methyl sites for hydroxylation is 1. The number of phenolic OH excluding ortho intramolecular Hbond substituents is 1. The van der Waals surface area contributed by atoms with Gasteiger partial charge in [0.05, 0.1) is 16.6 Å². The number of imide groups is 1. The van der Waals surface area contributed by atoms with Crippen molar-refractivity contribution in [3.05, 3.63) is 98.5 Å². The monoisotopic (exact) mass is 573 g/mol. The maximum Gasteiger partial charge on any atom is 0.305 e. The summed E-state index contributed by atoms with van der Waals surface area (Å²) in [6, 6.07) is 20.4. The molecule has 4 aromatic rings. The second-order valence-corrected chi connectivity index (χ2v) is 11.7. The second kappa shape index (κ2) is 10.3. The smallest absolute Gasteiger partial charge is 0.305 e. The number of thioether (sulfide) groups is 1. The minimum atomic E-state index is -0.717. The van der Waals surface area contributed by atoms with Crippen molar-refractivity contribution in [2.45, 2.75) is 23.1 Å². The van der Waals surface area contributed by atoms with Gasteiger partial charge in [-0.3, -0.25) is 19.2 Å². The zero-order valence-corrected chi connectivity index (χ0v) is 22.8. The highest BCUT2D eigenvalue weighted by atomic mass is 32.2. The predicted molar refractivity (Wildman–Crippen MR) is 152 cm³/mol. The van der Waals surface area contributed by atoms with E-state index < -0.39 is 17.1 Å². The molecule has 1 fully saturated rings. The number of rotatable bonds is 6. The summed E-state index contributed by atoms with van der Waals surface area (Å²) in [5.74, 6) is -1.79. The van der Waals surface area contributed by atoms with Gasteiger partial charge in [0.25, 0.3) is 5.91 Å². The number of amides is 3. The standard InChI is InChI=1S/C29H23N3O6S2/c1-15-5-9-18(10-6-15)32-27(35)23-22(24-26(31-29(37)40-24)39-25(23)28(32)36)16-3-2-4-20(13-16)38-14-21(34)30-17-7-11-19(33)12-8-17/h2-13,22-23,25,33H,14H2,1H3,(H,30,34)(H,31,37). The van der Waals surface area contributed by atoms with E-state index in [0.717, 1.165) is 16.9 Å². The summed E-state index contributed by atoms with van der Waals surface area (Å²) in [5, 5.41) is 12.0. The molecule has 11 heteroatoms. The first-order valence-electron chi connectivity index (χ1n) is 12.4. The van der Waals surface area contributed by atoms with Gasteiger partial charge in [-0.2, -0.15) is 0 Å². The van der Waals surface area contributed by atoms with Crippen molar-refractivity contribution in [2.75, 3.05) is 16.8 Å². The molecule has 0 saturated carbocycles. The molecule has 202 valence electrons. The molecule has 3 aromatic carbocycles. The van der Waals surface area contributed by atoms with Gasteiger partial charge in [0, 0.05) is 16.5 Å². The molecule has 0 aliphatic carbocycles. The van der Waals surface area contributed by atoms with Crippen LogP contribution in [0.5, 0.6) is 11.5 Å². The van der Waals surface area contributed by atoms with E-state index in [4.69, 9.17) is 4.74 Å². The fourth-order valence-corrected chi connectivity index (χ4v) is 7.53. The van der Waals surface area contributed by atoms with Crippen molar-refractivity contribution in [1.29, 1.82) is 0 Å². The van der Waals surface area contributed by atoms with Crippen molar-refractivity contribution in [3.8, 4) is 11.5 Å². The molecule has 2 aliphatic heterocycles. The molecule has 9 nitrogen and oxygen atoms in total. The molecular formula is C29H23N3O6S2. The number of carbonyl (C=O) groups is 3. The van der Waals surface area contributed by atoms with Crippen LogP contribution in [0, 0.1) is 12.8 Å². The molecule has 3 N–H and O–H groups in total. The zero-order chi connectivity index (χ0) is 28.0. The lowest BCUT2D eigenvalue weighted by Gasteiger charge is -2.30. The van der Waals surface area contributed by atoms with E-state index >= 15 is 0 Å². The summed E-state index contributed by atoms with van der Waals surface area (Å²) < 4.78 is 5.75. The first-order chi connectivity index (χ1) is 19.3. The highest BCUT2D eigenvalue weighted by Gasteiger charge is 2.56. The first kappa shape index (κ1) is 25.9. The normalized spacial score (nSPS) is 19.7. The minimum absolute atomic E-state index is 0.0921. The number of nitrogens with one attached hydrogen (secondary N) is 2. The number of nitrogens with zero attached hydrogens (tertiary/aromatic N) is 1. The number of hydrogen-bond acceptors (Lipinski definition) is 8. The highest BCUT2D eigenvalue weighted by Crippen LogP contribution is 2.53. The lowest BCUT2D eigenvalue weighted by Crippen LogP contribution is -2.32.